The second kappa shape index (κ2) is 7.55. The average molecular weight is 329 g/mol. The number of carbonyl (C=O) groups excluding carboxylic acids is 1. The van der Waals surface area contributed by atoms with E-state index in [0.717, 1.165) is 35.6 Å². The molecule has 0 aromatic carbocycles. The quantitative estimate of drug-likeness (QED) is 0.633. The van der Waals surface area contributed by atoms with E-state index in [4.69, 9.17) is 5.11 Å². The first-order chi connectivity index (χ1) is 11.8. The van der Waals surface area contributed by atoms with Crippen molar-refractivity contribution in [3.8, 4) is 0 Å². The standard InChI is InChI=1S/C14H17N5.C3H6O2/c1-9-2-4-15-8-11(9)14-18-7-10-6-17-13-12(19(10)14)3-5-16-13;4-2-1-3-5/h3,5-7,9,11,15-16H,2,4,8H2,1H3;2,5H,1,3H2/t9-,11+;/m1./s1. The number of aliphatic hydroxyl groups is 1. The van der Waals surface area contributed by atoms with Crippen LogP contribution in [0.2, 0.25) is 0 Å². The number of carbonyl (C=O) groups is 1. The fourth-order valence-electron chi connectivity index (χ4n) is 3.15. The van der Waals surface area contributed by atoms with Crippen LogP contribution in [0.25, 0.3) is 16.7 Å². The lowest BCUT2D eigenvalue weighted by molar-refractivity contribution is -0.108. The van der Waals surface area contributed by atoms with Crippen LogP contribution in [-0.4, -0.2) is 50.4 Å². The summed E-state index contributed by atoms with van der Waals surface area (Å²) in [5.41, 5.74) is 3.10. The topological polar surface area (TPSA) is 95.3 Å². The lowest BCUT2D eigenvalue weighted by Crippen LogP contribution is -2.34. The van der Waals surface area contributed by atoms with E-state index in [1.807, 2.05) is 18.6 Å². The predicted molar refractivity (Wildman–Crippen MR) is 92.0 cm³/mol. The molecule has 3 N–H and O–H groups in total. The van der Waals surface area contributed by atoms with Gasteiger partial charge in [0.2, 0.25) is 0 Å². The highest BCUT2D eigenvalue weighted by atomic mass is 16.3. The highest BCUT2D eigenvalue weighted by molar-refractivity contribution is 5.75. The number of aldehydes is 1. The molecule has 2 atom stereocenters. The molecule has 3 aromatic rings. The third-order valence-electron chi connectivity index (χ3n) is 4.49. The summed E-state index contributed by atoms with van der Waals surface area (Å²) in [6.45, 7) is 4.42. The summed E-state index contributed by atoms with van der Waals surface area (Å²) in [6.07, 6.45) is 7.90. The molecule has 3 aromatic heterocycles. The maximum Gasteiger partial charge on any atom is 0.154 e. The van der Waals surface area contributed by atoms with Crippen molar-refractivity contribution in [1.29, 1.82) is 0 Å². The van der Waals surface area contributed by atoms with Crippen LogP contribution in [0, 0.1) is 5.92 Å². The summed E-state index contributed by atoms with van der Waals surface area (Å²) in [7, 11) is 0. The van der Waals surface area contributed by atoms with Crippen molar-refractivity contribution in [2.45, 2.75) is 25.7 Å². The number of piperidine rings is 1. The van der Waals surface area contributed by atoms with Crippen LogP contribution in [0.4, 0.5) is 0 Å². The fraction of sp³-hybridized carbons (Fsp3) is 0.471. The smallest absolute Gasteiger partial charge is 0.154 e. The molecule has 1 aliphatic heterocycles. The Morgan fingerprint density at radius 2 is 2.25 bits per heavy atom. The van der Waals surface area contributed by atoms with Crippen LogP contribution in [0.3, 0.4) is 0 Å². The molecule has 0 saturated carbocycles. The minimum atomic E-state index is -0.0243. The summed E-state index contributed by atoms with van der Waals surface area (Å²) in [5, 5.41) is 11.3. The van der Waals surface area contributed by atoms with Crippen LogP contribution >= 0.6 is 0 Å². The molecule has 7 nitrogen and oxygen atoms in total. The number of nitrogens with zero attached hydrogens (tertiary/aromatic N) is 3. The fourth-order valence-corrected chi connectivity index (χ4v) is 3.15. The molecule has 0 aliphatic carbocycles. The van der Waals surface area contributed by atoms with Gasteiger partial charge in [0.15, 0.2) is 5.65 Å². The van der Waals surface area contributed by atoms with Crippen molar-refractivity contribution < 1.29 is 9.90 Å². The number of hydrogen-bond acceptors (Lipinski definition) is 5. The van der Waals surface area contributed by atoms with E-state index in [9.17, 15) is 4.79 Å². The van der Waals surface area contributed by atoms with E-state index in [0.29, 0.717) is 18.1 Å². The summed E-state index contributed by atoms with van der Waals surface area (Å²) in [6, 6.07) is 2.07. The predicted octanol–water partition coefficient (Wildman–Crippen LogP) is 1.49. The minimum absolute atomic E-state index is 0.0243. The number of rotatable bonds is 3. The Kier molecular flexibility index (Phi) is 5.22. The van der Waals surface area contributed by atoms with Crippen molar-refractivity contribution in [1.82, 2.24) is 24.7 Å². The van der Waals surface area contributed by atoms with Gasteiger partial charge in [-0.25, -0.2) is 9.97 Å². The maximum absolute atomic E-state index is 9.24. The molecule has 0 amide bonds. The molecule has 4 heterocycles. The van der Waals surface area contributed by atoms with Crippen LogP contribution < -0.4 is 5.32 Å². The molecule has 7 heteroatoms. The zero-order valence-electron chi connectivity index (χ0n) is 13.8. The Morgan fingerprint density at radius 1 is 1.42 bits per heavy atom. The van der Waals surface area contributed by atoms with Gasteiger partial charge in [0, 0.05) is 31.7 Å². The first kappa shape index (κ1) is 16.6. The lowest BCUT2D eigenvalue weighted by Gasteiger charge is -2.28. The van der Waals surface area contributed by atoms with E-state index < -0.39 is 0 Å². The molecular formula is C17H23N5O2. The highest BCUT2D eigenvalue weighted by Gasteiger charge is 2.26. The van der Waals surface area contributed by atoms with E-state index in [1.54, 1.807) is 0 Å². The second-order valence-corrected chi connectivity index (χ2v) is 6.10. The van der Waals surface area contributed by atoms with E-state index >= 15 is 0 Å². The van der Waals surface area contributed by atoms with Gasteiger partial charge in [0.05, 0.1) is 23.4 Å². The Balaban J connectivity index is 0.000000300. The number of hydrogen-bond donors (Lipinski definition) is 3. The van der Waals surface area contributed by atoms with Gasteiger partial charge in [-0.05, 0) is 24.9 Å². The van der Waals surface area contributed by atoms with E-state index in [-0.39, 0.29) is 13.0 Å². The van der Waals surface area contributed by atoms with Gasteiger partial charge in [0.25, 0.3) is 0 Å². The number of fused-ring (bicyclic) bond motifs is 3. The van der Waals surface area contributed by atoms with Crippen molar-refractivity contribution in [2.24, 2.45) is 5.92 Å². The van der Waals surface area contributed by atoms with E-state index in [2.05, 4.69) is 37.7 Å². The summed E-state index contributed by atoms with van der Waals surface area (Å²) < 4.78 is 2.24. The zero-order chi connectivity index (χ0) is 16.9. The normalized spacial score (nSPS) is 20.8. The van der Waals surface area contributed by atoms with Crippen LogP contribution in [0.15, 0.2) is 24.7 Å². The van der Waals surface area contributed by atoms with Crippen LogP contribution in [-0.2, 0) is 4.79 Å². The van der Waals surface area contributed by atoms with Crippen LogP contribution in [0.1, 0.15) is 31.5 Å². The average Bonchev–Trinajstić information content (AvgIpc) is 3.22. The lowest BCUT2D eigenvalue weighted by atomic mass is 9.87. The first-order valence-corrected chi connectivity index (χ1v) is 8.31. The molecule has 4 rings (SSSR count). The summed E-state index contributed by atoms with van der Waals surface area (Å²) >= 11 is 0. The molecule has 0 bridgehead atoms. The van der Waals surface area contributed by atoms with Crippen molar-refractivity contribution in [2.75, 3.05) is 19.7 Å². The SMILES string of the molecule is C[C@@H]1CCNC[C@@H]1c1ncc2cnc3[nH]ccc3n12.O=CCCO. The molecule has 0 radical (unpaired) electrons. The van der Waals surface area contributed by atoms with Gasteiger partial charge < -0.3 is 20.2 Å². The van der Waals surface area contributed by atoms with Crippen LogP contribution in [0.5, 0.6) is 0 Å². The number of aliphatic hydroxyl groups excluding tert-OH is 1. The Hall–Kier alpha value is -2.25. The number of aromatic nitrogens is 4. The molecule has 0 unspecified atom stereocenters. The van der Waals surface area contributed by atoms with E-state index in [1.165, 1.54) is 6.42 Å². The number of H-pyrrole nitrogens is 1. The van der Waals surface area contributed by atoms with Crippen molar-refractivity contribution in [3.63, 3.8) is 0 Å². The van der Waals surface area contributed by atoms with Crippen molar-refractivity contribution in [3.05, 3.63) is 30.5 Å². The molecule has 1 saturated heterocycles. The summed E-state index contributed by atoms with van der Waals surface area (Å²) in [4.78, 5) is 21.5. The molecular weight excluding hydrogens is 306 g/mol. The number of nitrogens with one attached hydrogen (secondary N) is 2. The Labute approximate surface area is 140 Å². The summed E-state index contributed by atoms with van der Waals surface area (Å²) in [5.74, 6) is 2.28. The third-order valence-corrected chi connectivity index (χ3v) is 4.49. The molecule has 1 aliphatic rings. The van der Waals surface area contributed by atoms with Gasteiger partial charge in [-0.1, -0.05) is 6.92 Å². The highest BCUT2D eigenvalue weighted by Crippen LogP contribution is 2.29. The third kappa shape index (κ3) is 3.18. The largest absolute Gasteiger partial charge is 0.396 e. The second-order valence-electron chi connectivity index (χ2n) is 6.10. The molecule has 0 spiro atoms. The Morgan fingerprint density at radius 3 is 2.96 bits per heavy atom. The minimum Gasteiger partial charge on any atom is -0.396 e. The molecule has 1 fully saturated rings. The maximum atomic E-state index is 9.24. The molecule has 24 heavy (non-hydrogen) atoms. The van der Waals surface area contributed by atoms with Gasteiger partial charge >= 0.3 is 0 Å². The first-order valence-electron chi connectivity index (χ1n) is 8.31. The number of imidazole rings is 1. The number of aromatic amines is 1. The van der Waals surface area contributed by atoms with Crippen molar-refractivity contribution >= 4 is 23.0 Å². The van der Waals surface area contributed by atoms with Gasteiger partial charge in [-0.15, -0.1) is 0 Å². The zero-order valence-corrected chi connectivity index (χ0v) is 13.8. The monoisotopic (exact) mass is 329 g/mol. The van der Waals surface area contributed by atoms with Gasteiger partial charge in [-0.3, -0.25) is 4.40 Å². The Bertz CT molecular complexity index is 810. The molecule has 128 valence electrons. The van der Waals surface area contributed by atoms with Gasteiger partial charge in [0.1, 0.15) is 12.1 Å². The van der Waals surface area contributed by atoms with Gasteiger partial charge in [-0.2, -0.15) is 0 Å².